The number of anilines is 1. The fraction of sp³-hybridized carbons (Fsp3) is 0.105. The summed E-state index contributed by atoms with van der Waals surface area (Å²) in [6, 6.07) is 6.99. The highest BCUT2D eigenvalue weighted by molar-refractivity contribution is 7.12. The highest BCUT2D eigenvalue weighted by atomic mass is 35.5. The minimum Gasteiger partial charge on any atom is -0.465 e. The number of methoxy groups -OCH3 is 1. The van der Waals surface area contributed by atoms with Crippen molar-refractivity contribution in [1.29, 1.82) is 0 Å². The standard InChI is InChI=1S/C19H13ClN2O4S/c1-26-19(25)17-15(4-5-27-17)22-16(23)7-10(18(22)24)6-11-9-21-14-8-12(20)2-3-13(11)14/h2-6,8-9,21H,7H2,1H3. The average molecular weight is 401 g/mol. The van der Waals surface area contributed by atoms with Gasteiger partial charge >= 0.3 is 5.97 Å². The van der Waals surface area contributed by atoms with E-state index < -0.39 is 11.9 Å². The van der Waals surface area contributed by atoms with Crippen LogP contribution >= 0.6 is 22.9 Å². The molecule has 1 N–H and O–H groups in total. The van der Waals surface area contributed by atoms with Crippen LogP contribution in [0.5, 0.6) is 0 Å². The molecule has 2 aromatic heterocycles. The molecule has 0 saturated carbocycles. The molecule has 0 aliphatic carbocycles. The molecule has 4 rings (SSSR count). The van der Waals surface area contributed by atoms with Crippen LogP contribution in [0.25, 0.3) is 17.0 Å². The topological polar surface area (TPSA) is 79.5 Å². The lowest BCUT2D eigenvalue weighted by Crippen LogP contribution is -2.29. The summed E-state index contributed by atoms with van der Waals surface area (Å²) in [5.41, 5.74) is 2.25. The molecule has 1 saturated heterocycles. The van der Waals surface area contributed by atoms with Crippen molar-refractivity contribution in [2.24, 2.45) is 0 Å². The van der Waals surface area contributed by atoms with Crippen LogP contribution < -0.4 is 4.90 Å². The molecule has 0 spiro atoms. The molecule has 136 valence electrons. The first-order chi connectivity index (χ1) is 13.0. The third kappa shape index (κ3) is 2.94. The van der Waals surface area contributed by atoms with Crippen LogP contribution in [-0.4, -0.2) is 29.9 Å². The summed E-state index contributed by atoms with van der Waals surface area (Å²) in [4.78, 5) is 41.6. The maximum atomic E-state index is 12.9. The van der Waals surface area contributed by atoms with Crippen molar-refractivity contribution in [1.82, 2.24) is 4.98 Å². The Morgan fingerprint density at radius 3 is 2.93 bits per heavy atom. The summed E-state index contributed by atoms with van der Waals surface area (Å²) < 4.78 is 4.73. The number of imide groups is 1. The summed E-state index contributed by atoms with van der Waals surface area (Å²) >= 11 is 7.12. The Bertz CT molecular complexity index is 1130. The monoisotopic (exact) mass is 400 g/mol. The van der Waals surface area contributed by atoms with Crippen LogP contribution in [-0.2, 0) is 14.3 Å². The molecule has 6 nitrogen and oxygen atoms in total. The summed E-state index contributed by atoms with van der Waals surface area (Å²) in [7, 11) is 1.26. The Morgan fingerprint density at radius 2 is 2.15 bits per heavy atom. The fourth-order valence-corrected chi connectivity index (χ4v) is 4.05. The minimum atomic E-state index is -0.577. The lowest BCUT2D eigenvalue weighted by atomic mass is 10.1. The molecule has 1 aromatic carbocycles. The number of carbonyl (C=O) groups is 3. The number of fused-ring (bicyclic) bond motifs is 1. The van der Waals surface area contributed by atoms with Crippen LogP contribution in [0, 0.1) is 0 Å². The zero-order valence-corrected chi connectivity index (χ0v) is 15.7. The lowest BCUT2D eigenvalue weighted by Gasteiger charge is -2.13. The van der Waals surface area contributed by atoms with Gasteiger partial charge in [-0.3, -0.25) is 9.59 Å². The number of amides is 2. The van der Waals surface area contributed by atoms with Crippen molar-refractivity contribution in [3.63, 3.8) is 0 Å². The van der Waals surface area contributed by atoms with E-state index in [4.69, 9.17) is 16.3 Å². The van der Waals surface area contributed by atoms with Crippen LogP contribution in [0.15, 0.2) is 41.4 Å². The van der Waals surface area contributed by atoms with Crippen molar-refractivity contribution < 1.29 is 19.1 Å². The second-order valence-corrected chi connectivity index (χ2v) is 7.29. The van der Waals surface area contributed by atoms with Gasteiger partial charge in [-0.15, -0.1) is 11.3 Å². The molecule has 3 heterocycles. The van der Waals surface area contributed by atoms with E-state index in [1.165, 1.54) is 7.11 Å². The third-order valence-corrected chi connectivity index (χ3v) is 5.45. The number of benzene rings is 1. The Balaban J connectivity index is 1.72. The maximum Gasteiger partial charge on any atom is 0.350 e. The van der Waals surface area contributed by atoms with Crippen LogP contribution in [0.3, 0.4) is 0 Å². The minimum absolute atomic E-state index is 0.0322. The normalized spacial score (nSPS) is 15.9. The smallest absolute Gasteiger partial charge is 0.350 e. The summed E-state index contributed by atoms with van der Waals surface area (Å²) in [5.74, 6) is -1.39. The number of nitrogens with one attached hydrogen (secondary N) is 1. The number of halogens is 1. The molecule has 1 fully saturated rings. The van der Waals surface area contributed by atoms with Crippen molar-refractivity contribution >= 4 is 63.4 Å². The van der Waals surface area contributed by atoms with Gasteiger partial charge in [0.2, 0.25) is 5.91 Å². The zero-order valence-electron chi connectivity index (χ0n) is 14.1. The summed E-state index contributed by atoms with van der Waals surface area (Å²) in [5, 5.41) is 3.15. The quantitative estimate of drug-likeness (QED) is 0.409. The van der Waals surface area contributed by atoms with Gasteiger partial charge in [-0.05, 0) is 29.7 Å². The van der Waals surface area contributed by atoms with E-state index in [-0.39, 0.29) is 22.9 Å². The van der Waals surface area contributed by atoms with E-state index in [1.54, 1.807) is 35.9 Å². The number of nitrogens with zero attached hydrogens (tertiary/aromatic N) is 1. The first kappa shape index (κ1) is 17.5. The molecule has 0 atom stereocenters. The van der Waals surface area contributed by atoms with Crippen molar-refractivity contribution in [2.45, 2.75) is 6.42 Å². The molecule has 3 aromatic rings. The number of esters is 1. The molecule has 0 bridgehead atoms. The van der Waals surface area contributed by atoms with E-state index in [1.807, 2.05) is 6.07 Å². The molecule has 1 aliphatic heterocycles. The first-order valence-corrected chi connectivity index (χ1v) is 9.25. The predicted molar refractivity (Wildman–Crippen MR) is 104 cm³/mol. The van der Waals surface area contributed by atoms with Crippen molar-refractivity contribution in [3.8, 4) is 0 Å². The van der Waals surface area contributed by atoms with Gasteiger partial charge in [0, 0.05) is 33.3 Å². The number of carbonyl (C=O) groups excluding carboxylic acids is 3. The molecule has 0 unspecified atom stereocenters. The van der Waals surface area contributed by atoms with E-state index in [0.717, 1.165) is 32.7 Å². The fourth-order valence-electron chi connectivity index (χ4n) is 3.08. The molecular formula is C19H13ClN2O4S. The molecule has 2 amide bonds. The van der Waals surface area contributed by atoms with Crippen molar-refractivity contribution in [3.05, 3.63) is 56.9 Å². The van der Waals surface area contributed by atoms with Gasteiger partial charge in [-0.2, -0.15) is 0 Å². The van der Waals surface area contributed by atoms with Crippen LogP contribution in [0.1, 0.15) is 21.7 Å². The van der Waals surface area contributed by atoms with Gasteiger partial charge in [-0.1, -0.05) is 17.7 Å². The number of rotatable bonds is 3. The van der Waals surface area contributed by atoms with Gasteiger partial charge in [0.15, 0.2) is 0 Å². The van der Waals surface area contributed by atoms with E-state index >= 15 is 0 Å². The Morgan fingerprint density at radius 1 is 1.33 bits per heavy atom. The maximum absolute atomic E-state index is 12.9. The Hall–Kier alpha value is -2.90. The first-order valence-electron chi connectivity index (χ1n) is 8.00. The highest BCUT2D eigenvalue weighted by Gasteiger charge is 2.37. The number of hydrogen-bond donors (Lipinski definition) is 1. The largest absolute Gasteiger partial charge is 0.465 e. The van der Waals surface area contributed by atoms with Gasteiger partial charge in [0.05, 0.1) is 19.2 Å². The van der Waals surface area contributed by atoms with E-state index in [9.17, 15) is 14.4 Å². The molecule has 1 aliphatic rings. The lowest BCUT2D eigenvalue weighted by molar-refractivity contribution is -0.120. The second kappa shape index (κ2) is 6.68. The predicted octanol–water partition coefficient (Wildman–Crippen LogP) is 4.02. The van der Waals surface area contributed by atoms with Crippen molar-refractivity contribution in [2.75, 3.05) is 12.0 Å². The average Bonchev–Trinajstić information content (AvgIpc) is 3.33. The second-order valence-electron chi connectivity index (χ2n) is 5.94. The number of H-pyrrole nitrogens is 1. The van der Waals surface area contributed by atoms with Crippen LogP contribution in [0.4, 0.5) is 5.69 Å². The third-order valence-electron chi connectivity index (χ3n) is 4.33. The SMILES string of the molecule is COC(=O)c1sccc1N1C(=O)CC(=Cc2c[nH]c3cc(Cl)ccc23)C1=O. The van der Waals surface area contributed by atoms with Gasteiger partial charge in [0.25, 0.3) is 5.91 Å². The molecule has 8 heteroatoms. The van der Waals surface area contributed by atoms with Gasteiger partial charge in [0.1, 0.15) is 4.88 Å². The number of ether oxygens (including phenoxy) is 1. The molecule has 0 radical (unpaired) electrons. The number of thiophene rings is 1. The van der Waals surface area contributed by atoms with Gasteiger partial charge < -0.3 is 9.72 Å². The number of hydrogen-bond acceptors (Lipinski definition) is 5. The highest BCUT2D eigenvalue weighted by Crippen LogP contribution is 2.34. The summed E-state index contributed by atoms with van der Waals surface area (Å²) in [6.07, 6.45) is 3.42. The van der Waals surface area contributed by atoms with Crippen LogP contribution in [0.2, 0.25) is 5.02 Å². The summed E-state index contributed by atoms with van der Waals surface area (Å²) in [6.45, 7) is 0. The Kier molecular flexibility index (Phi) is 4.33. The van der Waals surface area contributed by atoms with E-state index in [0.29, 0.717) is 10.6 Å². The number of aromatic amines is 1. The zero-order chi connectivity index (χ0) is 19.1. The number of aromatic nitrogens is 1. The molecule has 27 heavy (non-hydrogen) atoms. The Labute approximate surface area is 163 Å². The molecular weight excluding hydrogens is 388 g/mol. The van der Waals surface area contributed by atoms with E-state index in [2.05, 4.69) is 4.98 Å². The van der Waals surface area contributed by atoms with Gasteiger partial charge in [-0.25, -0.2) is 9.69 Å².